The third kappa shape index (κ3) is 5.36. The van der Waals surface area contributed by atoms with E-state index in [1.165, 1.54) is 13.2 Å². The van der Waals surface area contributed by atoms with Gasteiger partial charge in [-0.1, -0.05) is 17.7 Å². The number of hydrogen-bond donors (Lipinski definition) is 0. The maximum Gasteiger partial charge on any atom is 0.416 e. The van der Waals surface area contributed by atoms with Crippen molar-refractivity contribution in [1.82, 2.24) is 0 Å². The van der Waals surface area contributed by atoms with Crippen molar-refractivity contribution < 1.29 is 27.6 Å². The molecule has 0 amide bonds. The van der Waals surface area contributed by atoms with Crippen molar-refractivity contribution >= 4 is 29.2 Å². The SMILES string of the molecule is COc1cc(C=Nc2cc(Cl)ccc2C)ccc1Oc1ccc(C(F)(F)F)cc1[N+](=O)[O-]. The van der Waals surface area contributed by atoms with Gasteiger partial charge in [0, 0.05) is 17.3 Å². The number of alkyl halides is 3. The Morgan fingerprint density at radius 1 is 1.03 bits per heavy atom. The highest BCUT2D eigenvalue weighted by atomic mass is 35.5. The summed E-state index contributed by atoms with van der Waals surface area (Å²) in [6, 6.07) is 12.0. The van der Waals surface area contributed by atoms with E-state index in [-0.39, 0.29) is 17.2 Å². The van der Waals surface area contributed by atoms with Gasteiger partial charge in [0.05, 0.1) is 23.3 Å². The van der Waals surface area contributed by atoms with E-state index in [2.05, 4.69) is 4.99 Å². The molecule has 0 bridgehead atoms. The summed E-state index contributed by atoms with van der Waals surface area (Å²) in [7, 11) is 1.37. The van der Waals surface area contributed by atoms with Gasteiger partial charge in [-0.3, -0.25) is 15.1 Å². The molecule has 0 saturated heterocycles. The first kappa shape index (κ1) is 23.1. The standard InChI is InChI=1S/C22H16ClF3N2O4/c1-13-3-6-16(23)11-17(13)27-12-14-4-7-20(21(9-14)31-2)32-19-8-5-15(22(24,25)26)10-18(19)28(29)30/h3-12H,1-2H3. The van der Waals surface area contributed by atoms with Crippen LogP contribution in [0.4, 0.5) is 24.5 Å². The first-order chi connectivity index (χ1) is 15.1. The van der Waals surface area contributed by atoms with Crippen LogP contribution in [0.5, 0.6) is 17.2 Å². The Hall–Kier alpha value is -3.59. The third-order valence-corrected chi connectivity index (χ3v) is 4.65. The fourth-order valence-electron chi connectivity index (χ4n) is 2.76. The lowest BCUT2D eigenvalue weighted by Gasteiger charge is -2.12. The number of methoxy groups -OCH3 is 1. The number of halogens is 4. The summed E-state index contributed by atoms with van der Waals surface area (Å²) < 4.78 is 49.5. The zero-order valence-corrected chi connectivity index (χ0v) is 17.6. The smallest absolute Gasteiger partial charge is 0.416 e. The van der Waals surface area contributed by atoms with Crippen molar-refractivity contribution in [2.24, 2.45) is 4.99 Å². The van der Waals surface area contributed by atoms with E-state index >= 15 is 0 Å². The molecule has 0 N–H and O–H groups in total. The van der Waals surface area contributed by atoms with Gasteiger partial charge in [0.15, 0.2) is 11.5 Å². The normalized spacial score (nSPS) is 11.6. The molecule has 3 aromatic carbocycles. The Kier molecular flexibility index (Phi) is 6.69. The lowest BCUT2D eigenvalue weighted by Crippen LogP contribution is -2.06. The molecule has 0 radical (unpaired) electrons. The molecule has 32 heavy (non-hydrogen) atoms. The highest BCUT2D eigenvalue weighted by Gasteiger charge is 2.33. The minimum absolute atomic E-state index is 0.0893. The van der Waals surface area contributed by atoms with Crippen molar-refractivity contribution in [1.29, 1.82) is 0 Å². The number of aliphatic imine (C=N–C) groups is 1. The molecular weight excluding hydrogens is 449 g/mol. The van der Waals surface area contributed by atoms with Crippen LogP contribution in [0, 0.1) is 17.0 Å². The highest BCUT2D eigenvalue weighted by Crippen LogP contribution is 2.40. The molecule has 0 unspecified atom stereocenters. The van der Waals surface area contributed by atoms with Gasteiger partial charge in [-0.15, -0.1) is 0 Å². The summed E-state index contributed by atoms with van der Waals surface area (Å²) in [5.74, 6) is -0.0466. The summed E-state index contributed by atoms with van der Waals surface area (Å²) >= 11 is 5.99. The van der Waals surface area contributed by atoms with E-state index in [0.29, 0.717) is 28.4 Å². The van der Waals surface area contributed by atoms with Crippen molar-refractivity contribution in [3.05, 3.63) is 86.4 Å². The Morgan fingerprint density at radius 2 is 1.75 bits per heavy atom. The zero-order chi connectivity index (χ0) is 23.5. The molecule has 0 heterocycles. The lowest BCUT2D eigenvalue weighted by atomic mass is 10.1. The second-order valence-electron chi connectivity index (χ2n) is 6.64. The number of hydrogen-bond acceptors (Lipinski definition) is 5. The highest BCUT2D eigenvalue weighted by molar-refractivity contribution is 6.30. The molecule has 10 heteroatoms. The molecule has 3 aromatic rings. The summed E-state index contributed by atoms with van der Waals surface area (Å²) in [6.45, 7) is 1.89. The zero-order valence-electron chi connectivity index (χ0n) is 16.8. The number of nitrogens with zero attached hydrogens (tertiary/aromatic N) is 2. The predicted molar refractivity (Wildman–Crippen MR) is 115 cm³/mol. The average Bonchev–Trinajstić information content (AvgIpc) is 2.74. The molecule has 0 aliphatic carbocycles. The Bertz CT molecular complexity index is 1200. The number of nitro groups is 1. The Labute approximate surface area is 186 Å². The molecule has 0 aromatic heterocycles. The van der Waals surface area contributed by atoms with Gasteiger partial charge < -0.3 is 9.47 Å². The molecule has 0 aliphatic rings. The van der Waals surface area contributed by atoms with Crippen LogP contribution in [0.3, 0.4) is 0 Å². The van der Waals surface area contributed by atoms with Crippen LogP contribution in [0.25, 0.3) is 0 Å². The van der Waals surface area contributed by atoms with Crippen molar-refractivity contribution in [3.8, 4) is 17.2 Å². The monoisotopic (exact) mass is 464 g/mol. The summed E-state index contributed by atoms with van der Waals surface area (Å²) in [4.78, 5) is 14.7. The predicted octanol–water partition coefficient (Wildman–Crippen LogP) is 7.13. The van der Waals surface area contributed by atoms with Crippen LogP contribution in [0.2, 0.25) is 5.02 Å². The summed E-state index contributed by atoms with van der Waals surface area (Å²) in [5, 5.41) is 11.8. The number of nitro benzene ring substituents is 1. The fourth-order valence-corrected chi connectivity index (χ4v) is 2.92. The molecule has 0 fully saturated rings. The largest absolute Gasteiger partial charge is 0.493 e. The summed E-state index contributed by atoms with van der Waals surface area (Å²) in [6.07, 6.45) is -3.14. The Morgan fingerprint density at radius 3 is 2.41 bits per heavy atom. The Balaban J connectivity index is 1.91. The minimum Gasteiger partial charge on any atom is -0.493 e. The number of ether oxygens (including phenoxy) is 2. The molecule has 0 saturated carbocycles. The maximum absolute atomic E-state index is 12.9. The first-order valence-corrected chi connectivity index (χ1v) is 9.48. The number of aryl methyl sites for hydroxylation is 1. The second kappa shape index (κ2) is 9.27. The van der Waals surface area contributed by atoms with E-state index in [9.17, 15) is 23.3 Å². The van der Waals surface area contributed by atoms with Gasteiger partial charge in [-0.2, -0.15) is 13.2 Å². The van der Waals surface area contributed by atoms with Crippen LogP contribution < -0.4 is 9.47 Å². The van der Waals surface area contributed by atoms with E-state index < -0.39 is 22.4 Å². The summed E-state index contributed by atoms with van der Waals surface area (Å²) in [5.41, 5.74) is 0.273. The van der Waals surface area contributed by atoms with Gasteiger partial charge in [-0.25, -0.2) is 0 Å². The van der Waals surface area contributed by atoms with Gasteiger partial charge in [0.25, 0.3) is 0 Å². The lowest BCUT2D eigenvalue weighted by molar-refractivity contribution is -0.385. The van der Waals surface area contributed by atoms with Crippen molar-refractivity contribution in [2.45, 2.75) is 13.1 Å². The van der Waals surface area contributed by atoms with E-state index in [1.807, 2.05) is 13.0 Å². The average molecular weight is 465 g/mol. The van der Waals surface area contributed by atoms with Crippen LogP contribution >= 0.6 is 11.6 Å². The van der Waals surface area contributed by atoms with E-state index in [0.717, 1.165) is 11.6 Å². The van der Waals surface area contributed by atoms with Crippen LogP contribution in [-0.2, 0) is 6.18 Å². The van der Waals surface area contributed by atoms with Crippen molar-refractivity contribution in [3.63, 3.8) is 0 Å². The molecule has 0 aliphatic heterocycles. The molecular formula is C22H16ClF3N2O4. The van der Waals surface area contributed by atoms with Crippen LogP contribution in [0.1, 0.15) is 16.7 Å². The van der Waals surface area contributed by atoms with E-state index in [1.54, 1.807) is 30.5 Å². The molecule has 3 rings (SSSR count). The maximum atomic E-state index is 12.9. The molecule has 166 valence electrons. The topological polar surface area (TPSA) is 74.0 Å². The van der Waals surface area contributed by atoms with Gasteiger partial charge in [-0.05, 0) is 60.5 Å². The molecule has 0 atom stereocenters. The second-order valence-corrected chi connectivity index (χ2v) is 7.08. The minimum atomic E-state index is -4.72. The van der Waals surface area contributed by atoms with Crippen molar-refractivity contribution in [2.75, 3.05) is 7.11 Å². The van der Waals surface area contributed by atoms with Gasteiger partial charge in [0.2, 0.25) is 5.75 Å². The molecule has 0 spiro atoms. The quantitative estimate of drug-likeness (QED) is 0.221. The van der Waals surface area contributed by atoms with E-state index in [4.69, 9.17) is 21.1 Å². The van der Waals surface area contributed by atoms with Crippen LogP contribution in [0.15, 0.2) is 59.6 Å². The molecule has 6 nitrogen and oxygen atoms in total. The number of benzene rings is 3. The number of rotatable bonds is 6. The van der Waals surface area contributed by atoms with Gasteiger partial charge >= 0.3 is 11.9 Å². The van der Waals surface area contributed by atoms with Crippen LogP contribution in [-0.4, -0.2) is 18.2 Å². The van der Waals surface area contributed by atoms with Gasteiger partial charge in [0.1, 0.15) is 0 Å². The first-order valence-electron chi connectivity index (χ1n) is 9.10. The fraction of sp³-hybridized carbons (Fsp3) is 0.136. The third-order valence-electron chi connectivity index (χ3n) is 4.41.